The number of pyridine rings is 1. The van der Waals surface area contributed by atoms with Crippen molar-refractivity contribution in [3.05, 3.63) is 121 Å². The van der Waals surface area contributed by atoms with Crippen LogP contribution in [0.5, 0.6) is 5.75 Å². The number of fused-ring (bicyclic) bond motifs is 1. The van der Waals surface area contributed by atoms with E-state index in [9.17, 15) is 24.0 Å². The van der Waals surface area contributed by atoms with Gasteiger partial charge in [-0.2, -0.15) is 0 Å². The summed E-state index contributed by atoms with van der Waals surface area (Å²) in [5.74, 6) is -1.04. The summed E-state index contributed by atoms with van der Waals surface area (Å²) in [4.78, 5) is 76.0. The minimum Gasteiger partial charge on any atom is -0.487 e. The predicted octanol–water partition coefficient (Wildman–Crippen LogP) is 5.95. The summed E-state index contributed by atoms with van der Waals surface area (Å²) in [7, 11) is -2.92. The Morgan fingerprint density at radius 1 is 0.844 bits per heavy atom. The van der Waals surface area contributed by atoms with Crippen LogP contribution in [0.1, 0.15) is 104 Å². The van der Waals surface area contributed by atoms with E-state index in [1.165, 1.54) is 0 Å². The molecule has 5 atom stereocenters. The fourth-order valence-corrected chi connectivity index (χ4v) is 13.5. The Labute approximate surface area is 379 Å². The van der Waals surface area contributed by atoms with E-state index < -0.39 is 55.8 Å². The predicted molar refractivity (Wildman–Crippen MR) is 250 cm³/mol. The molecule has 0 saturated carbocycles. The minimum absolute atomic E-state index is 0.0155. The van der Waals surface area contributed by atoms with Gasteiger partial charge >= 0.3 is 0 Å². The lowest BCUT2D eigenvalue weighted by Crippen LogP contribution is -2.68. The van der Waals surface area contributed by atoms with Crippen LogP contribution in [0.2, 0.25) is 5.04 Å². The second-order valence-corrected chi connectivity index (χ2v) is 22.7. The molecule has 0 bridgehead atoms. The van der Waals surface area contributed by atoms with E-state index in [2.05, 4.69) is 66.0 Å². The number of ketones is 1. The first-order valence-electron chi connectivity index (χ1n) is 22.8. The zero-order valence-corrected chi connectivity index (χ0v) is 39.2. The Morgan fingerprint density at radius 2 is 1.50 bits per heavy atom. The normalized spacial score (nSPS) is 21.4. The molecular weight excluding hydrogens is 823 g/mol. The number of carbonyl (C=O) groups excluding carboxylic acids is 5. The number of rotatable bonds is 17. The summed E-state index contributed by atoms with van der Waals surface area (Å²) in [5.41, 5.74) is 0.225. The molecule has 0 unspecified atom stereocenters. The van der Waals surface area contributed by atoms with Crippen molar-refractivity contribution in [3.63, 3.8) is 0 Å². The lowest BCUT2D eigenvalue weighted by molar-refractivity contribution is -0.144. The van der Waals surface area contributed by atoms with E-state index in [1.807, 2.05) is 85.8 Å². The van der Waals surface area contributed by atoms with Crippen molar-refractivity contribution in [2.45, 2.75) is 141 Å². The van der Waals surface area contributed by atoms with E-state index in [-0.39, 0.29) is 29.6 Å². The van der Waals surface area contributed by atoms with Gasteiger partial charge in [0.2, 0.25) is 23.6 Å². The Hall–Kier alpha value is -5.66. The quantitative estimate of drug-likeness (QED) is 0.0869. The Balaban J connectivity index is 1.09. The number of unbranched alkanes of at least 4 members (excludes halogenated alkanes) is 2. The van der Waals surface area contributed by atoms with Gasteiger partial charge in [0.05, 0.1) is 5.69 Å². The molecule has 1 aromatic heterocycles. The molecule has 3 aromatic carbocycles. The molecular formula is C51H65N5O7Si. The molecule has 0 radical (unpaired) electrons. The highest BCUT2D eigenvalue weighted by molar-refractivity contribution is 6.99. The molecule has 4 aromatic rings. The second-order valence-electron chi connectivity index (χ2n) is 18.4. The summed E-state index contributed by atoms with van der Waals surface area (Å²) in [6.45, 7) is 12.5. The number of hydrogen-bond donors (Lipinski definition) is 3. The number of carbonyl (C=O) groups is 5. The standard InChI is InChI=1S/C51H65N5O7Si/c1-7-51(6)49(61)54-43(34-37-28-30-39(31-29-37)62-35-38-20-17-18-32-52-38)48(60)56-33-19-26-44(56)47(59)53-42(46(58)55-51)25-15-10-16-27-45(57)36(2)63-64(50(3,4)5,40-21-11-8-12-22-40)41-23-13-9-14-24-41/h8-9,11-14,17-18,20-24,28-32,36,42-44H,7,10,15-16,19,25-27,33-35H2,1-6H3,(H,53,59)(H,54,61)(H,55,58)/t36-,42-,43-,44+,51-/m0/s1. The van der Waals surface area contributed by atoms with E-state index >= 15 is 0 Å². The van der Waals surface area contributed by atoms with Gasteiger partial charge in [-0.15, -0.1) is 0 Å². The van der Waals surface area contributed by atoms with Gasteiger partial charge in [-0.05, 0) is 91.2 Å². The van der Waals surface area contributed by atoms with Crippen LogP contribution in [0, 0.1) is 0 Å². The number of amides is 4. The molecule has 2 aliphatic rings. The molecule has 0 aliphatic carbocycles. The average molecular weight is 888 g/mol. The van der Waals surface area contributed by atoms with Crippen LogP contribution in [0.25, 0.3) is 0 Å². The fraction of sp³-hybridized carbons (Fsp3) is 0.451. The molecule has 3 N–H and O–H groups in total. The Bertz CT molecular complexity index is 2160. The van der Waals surface area contributed by atoms with Gasteiger partial charge in [0, 0.05) is 25.6 Å². The molecule has 0 spiro atoms. The third-order valence-corrected chi connectivity index (χ3v) is 17.9. The largest absolute Gasteiger partial charge is 0.487 e. The van der Waals surface area contributed by atoms with E-state index in [0.29, 0.717) is 63.8 Å². The summed E-state index contributed by atoms with van der Waals surface area (Å²) < 4.78 is 12.9. The third kappa shape index (κ3) is 11.3. The van der Waals surface area contributed by atoms with Crippen LogP contribution in [0.4, 0.5) is 0 Å². The molecule has 13 heteroatoms. The number of hydrogen-bond acceptors (Lipinski definition) is 8. The van der Waals surface area contributed by atoms with Crippen LogP contribution >= 0.6 is 0 Å². The van der Waals surface area contributed by atoms with E-state index in [1.54, 1.807) is 24.9 Å². The van der Waals surface area contributed by atoms with Crippen molar-refractivity contribution in [1.29, 1.82) is 0 Å². The number of aromatic nitrogens is 1. The third-order valence-electron chi connectivity index (χ3n) is 12.8. The first-order chi connectivity index (χ1) is 30.6. The smallest absolute Gasteiger partial charge is 0.262 e. The maximum Gasteiger partial charge on any atom is 0.262 e. The maximum absolute atomic E-state index is 14.3. The van der Waals surface area contributed by atoms with Gasteiger partial charge in [-0.1, -0.05) is 119 Å². The summed E-state index contributed by atoms with van der Waals surface area (Å²) >= 11 is 0. The number of nitrogens with one attached hydrogen (secondary N) is 3. The molecule has 12 nitrogen and oxygen atoms in total. The van der Waals surface area contributed by atoms with Gasteiger partial charge < -0.3 is 30.0 Å². The van der Waals surface area contributed by atoms with Crippen LogP contribution in [-0.4, -0.2) is 83.9 Å². The van der Waals surface area contributed by atoms with Crippen molar-refractivity contribution in [2.24, 2.45) is 0 Å². The molecule has 2 fully saturated rings. The summed E-state index contributed by atoms with van der Waals surface area (Å²) in [5, 5.41) is 10.8. The number of benzene rings is 3. The fourth-order valence-electron chi connectivity index (χ4n) is 8.87. The zero-order valence-electron chi connectivity index (χ0n) is 38.2. The van der Waals surface area contributed by atoms with Gasteiger partial charge in [0.1, 0.15) is 42.1 Å². The molecule has 3 heterocycles. The van der Waals surface area contributed by atoms with Crippen LogP contribution in [0.15, 0.2) is 109 Å². The maximum atomic E-state index is 14.3. The van der Waals surface area contributed by atoms with E-state index in [0.717, 1.165) is 21.6 Å². The highest BCUT2D eigenvalue weighted by Gasteiger charge is 2.51. The molecule has 4 amide bonds. The lowest BCUT2D eigenvalue weighted by atomic mass is 9.94. The number of nitrogens with zero attached hydrogens (tertiary/aromatic N) is 2. The SMILES string of the molecule is CC[C@]1(C)NC(=O)[C@H](CCCCCC(=O)[C@H](C)O[Si](c2ccccc2)(c2ccccc2)C(C)(C)C)NC(=O)[C@H]2CCCN2C(=O)[C@H](Cc2ccc(OCc3ccccn3)cc2)NC1=O. The highest BCUT2D eigenvalue weighted by atomic mass is 28.4. The average Bonchev–Trinajstić information content (AvgIpc) is 3.80. The van der Waals surface area contributed by atoms with Gasteiger partial charge in [-0.25, -0.2) is 0 Å². The van der Waals surface area contributed by atoms with Crippen molar-refractivity contribution >= 4 is 48.1 Å². The van der Waals surface area contributed by atoms with Crippen molar-refractivity contribution in [1.82, 2.24) is 25.8 Å². The number of ether oxygens (including phenoxy) is 1. The van der Waals surface area contributed by atoms with Crippen LogP contribution in [0.3, 0.4) is 0 Å². The second kappa shape index (κ2) is 21.3. The van der Waals surface area contributed by atoms with Gasteiger partial charge in [-0.3, -0.25) is 29.0 Å². The monoisotopic (exact) mass is 887 g/mol. The topological polar surface area (TPSA) is 156 Å². The van der Waals surface area contributed by atoms with Gasteiger partial charge in [0.15, 0.2) is 5.78 Å². The molecule has 2 aliphatic heterocycles. The summed E-state index contributed by atoms with van der Waals surface area (Å²) in [6, 6.07) is 30.8. The first-order valence-corrected chi connectivity index (χ1v) is 24.7. The zero-order chi connectivity index (χ0) is 45.9. The highest BCUT2D eigenvalue weighted by Crippen LogP contribution is 2.38. The van der Waals surface area contributed by atoms with Crippen molar-refractivity contribution in [2.75, 3.05) is 6.54 Å². The van der Waals surface area contributed by atoms with E-state index in [4.69, 9.17) is 9.16 Å². The molecule has 64 heavy (non-hydrogen) atoms. The first kappa shape index (κ1) is 47.8. The lowest BCUT2D eigenvalue weighted by Gasteiger charge is -2.44. The molecule has 2 saturated heterocycles. The minimum atomic E-state index is -2.92. The molecule has 6 rings (SSSR count). The van der Waals surface area contributed by atoms with Crippen LogP contribution in [-0.2, 0) is 41.4 Å². The molecule has 340 valence electrons. The summed E-state index contributed by atoms with van der Waals surface area (Å²) in [6.07, 6.45) is 4.92. The Morgan fingerprint density at radius 3 is 2.11 bits per heavy atom. The van der Waals surface area contributed by atoms with Crippen molar-refractivity contribution < 1.29 is 33.1 Å². The Kier molecular flexibility index (Phi) is 15.9. The van der Waals surface area contributed by atoms with Crippen molar-refractivity contribution in [3.8, 4) is 5.75 Å². The number of Topliss-reactive ketones (excluding diaryl/α,β-unsaturated/α-hetero) is 1. The van der Waals surface area contributed by atoms with Gasteiger partial charge in [0.25, 0.3) is 8.32 Å². The van der Waals surface area contributed by atoms with Crippen LogP contribution < -0.4 is 31.1 Å².